The number of rotatable bonds is 7. The Kier molecular flexibility index (Phi) is 6.82. The number of ether oxygens (including phenoxy) is 1. The maximum absolute atomic E-state index is 11.8. The lowest BCUT2D eigenvalue weighted by Gasteiger charge is -2.12. The fourth-order valence-corrected chi connectivity index (χ4v) is 1.76. The Labute approximate surface area is 126 Å². The van der Waals surface area contributed by atoms with Crippen molar-refractivity contribution in [2.24, 2.45) is 11.7 Å². The lowest BCUT2D eigenvalue weighted by atomic mass is 10.2. The van der Waals surface area contributed by atoms with Gasteiger partial charge >= 0.3 is 0 Å². The third kappa shape index (κ3) is 5.80. The molecule has 1 aromatic carbocycles. The molecular formula is C15H23ClN2O2. The molecule has 0 radical (unpaired) electrons. The normalized spacial score (nSPS) is 15.1. The Bertz CT molecular complexity index is 434. The van der Waals surface area contributed by atoms with Crippen molar-refractivity contribution >= 4 is 24.0 Å². The van der Waals surface area contributed by atoms with Crippen molar-refractivity contribution < 1.29 is 9.53 Å². The van der Waals surface area contributed by atoms with Gasteiger partial charge in [-0.25, -0.2) is 0 Å². The molecule has 3 N–H and O–H groups in total. The highest BCUT2D eigenvalue weighted by atomic mass is 35.5. The van der Waals surface area contributed by atoms with Crippen molar-refractivity contribution in [3.63, 3.8) is 0 Å². The summed E-state index contributed by atoms with van der Waals surface area (Å²) in [5, 5.41) is 2.89. The Morgan fingerprint density at radius 1 is 1.45 bits per heavy atom. The molecule has 112 valence electrons. The first-order chi connectivity index (χ1) is 9.15. The second-order valence-corrected chi connectivity index (χ2v) is 5.31. The van der Waals surface area contributed by atoms with Crippen LogP contribution in [0, 0.1) is 5.92 Å². The molecule has 20 heavy (non-hydrogen) atoms. The zero-order valence-corrected chi connectivity index (χ0v) is 12.6. The number of para-hydroxylation sites is 2. The number of hydrogen-bond donors (Lipinski definition) is 2. The van der Waals surface area contributed by atoms with E-state index in [1.807, 2.05) is 31.2 Å². The van der Waals surface area contributed by atoms with Gasteiger partial charge in [-0.2, -0.15) is 0 Å². The molecule has 0 heterocycles. The van der Waals surface area contributed by atoms with Crippen LogP contribution < -0.4 is 15.8 Å². The Hall–Kier alpha value is -1.26. The molecule has 0 saturated heterocycles. The second-order valence-electron chi connectivity index (χ2n) is 5.31. The molecule has 1 aromatic rings. The van der Waals surface area contributed by atoms with Gasteiger partial charge in [-0.15, -0.1) is 12.4 Å². The van der Waals surface area contributed by atoms with Gasteiger partial charge in [-0.1, -0.05) is 12.1 Å². The molecule has 0 bridgehead atoms. The number of nitrogens with one attached hydrogen (secondary N) is 1. The fraction of sp³-hybridized carbons (Fsp3) is 0.533. The molecule has 0 aromatic heterocycles. The van der Waals surface area contributed by atoms with Crippen LogP contribution in [0.2, 0.25) is 0 Å². The zero-order chi connectivity index (χ0) is 13.7. The van der Waals surface area contributed by atoms with Crippen molar-refractivity contribution in [1.82, 2.24) is 0 Å². The van der Waals surface area contributed by atoms with Crippen LogP contribution >= 0.6 is 12.4 Å². The summed E-state index contributed by atoms with van der Waals surface area (Å²) < 4.78 is 5.75. The van der Waals surface area contributed by atoms with Crippen molar-refractivity contribution in [3.05, 3.63) is 24.3 Å². The average Bonchev–Trinajstić information content (AvgIpc) is 3.19. The Morgan fingerprint density at radius 3 is 2.80 bits per heavy atom. The second kappa shape index (κ2) is 8.12. The van der Waals surface area contributed by atoms with Gasteiger partial charge in [0.25, 0.3) is 0 Å². The van der Waals surface area contributed by atoms with E-state index in [-0.39, 0.29) is 24.4 Å². The molecule has 0 aliphatic heterocycles. The van der Waals surface area contributed by atoms with Crippen LogP contribution in [-0.2, 0) is 4.79 Å². The first-order valence-corrected chi connectivity index (χ1v) is 6.92. The van der Waals surface area contributed by atoms with E-state index in [1.54, 1.807) is 0 Å². The Morgan fingerprint density at radius 2 is 2.15 bits per heavy atom. The van der Waals surface area contributed by atoms with Crippen molar-refractivity contribution in [2.75, 3.05) is 11.9 Å². The van der Waals surface area contributed by atoms with Crippen LogP contribution in [0.15, 0.2) is 24.3 Å². The minimum atomic E-state index is -0.0141. The largest absolute Gasteiger partial charge is 0.491 e. The van der Waals surface area contributed by atoms with Crippen molar-refractivity contribution in [3.8, 4) is 5.75 Å². The third-order valence-corrected chi connectivity index (χ3v) is 3.16. The van der Waals surface area contributed by atoms with Crippen LogP contribution in [0.1, 0.15) is 32.6 Å². The topological polar surface area (TPSA) is 64.4 Å². The lowest BCUT2D eigenvalue weighted by Crippen LogP contribution is -2.19. The molecule has 4 nitrogen and oxygen atoms in total. The standard InChI is InChI=1S/C15H22N2O2.ClH/c1-11(16)6-9-15(18)17-13-4-2-3-5-14(13)19-10-12-7-8-12;/h2-5,11-12H,6-10,16H2,1H3,(H,17,18);1H. The number of amides is 1. The van der Waals surface area contributed by atoms with E-state index < -0.39 is 0 Å². The van der Waals surface area contributed by atoms with Gasteiger partial charge in [0.05, 0.1) is 12.3 Å². The Balaban J connectivity index is 0.00000200. The average molecular weight is 299 g/mol. The van der Waals surface area contributed by atoms with Crippen molar-refractivity contribution in [1.29, 1.82) is 0 Å². The number of halogens is 1. The van der Waals surface area contributed by atoms with E-state index in [9.17, 15) is 4.79 Å². The van der Waals surface area contributed by atoms with E-state index >= 15 is 0 Å². The minimum Gasteiger partial charge on any atom is -0.491 e. The van der Waals surface area contributed by atoms with Crippen LogP contribution in [0.3, 0.4) is 0 Å². The monoisotopic (exact) mass is 298 g/mol. The van der Waals surface area contributed by atoms with Gasteiger partial charge in [0, 0.05) is 12.5 Å². The predicted octanol–water partition coefficient (Wildman–Crippen LogP) is 2.96. The molecule has 2 rings (SSSR count). The van der Waals surface area contributed by atoms with E-state index in [0.717, 1.165) is 18.0 Å². The maximum Gasteiger partial charge on any atom is 0.224 e. The van der Waals surface area contributed by atoms with Crippen LogP contribution in [0.25, 0.3) is 0 Å². The van der Waals surface area contributed by atoms with Gasteiger partial charge in [-0.3, -0.25) is 4.79 Å². The molecule has 1 saturated carbocycles. The zero-order valence-electron chi connectivity index (χ0n) is 11.8. The summed E-state index contributed by atoms with van der Waals surface area (Å²) in [5.74, 6) is 1.44. The van der Waals surface area contributed by atoms with E-state index in [2.05, 4.69) is 5.32 Å². The minimum absolute atomic E-state index is 0. The van der Waals surface area contributed by atoms with Crippen LogP contribution in [0.4, 0.5) is 5.69 Å². The number of carbonyl (C=O) groups is 1. The highest BCUT2D eigenvalue weighted by Crippen LogP contribution is 2.31. The van der Waals surface area contributed by atoms with E-state index in [1.165, 1.54) is 12.8 Å². The van der Waals surface area contributed by atoms with Gasteiger partial charge in [-0.05, 0) is 44.2 Å². The van der Waals surface area contributed by atoms with Crippen molar-refractivity contribution in [2.45, 2.75) is 38.6 Å². The molecule has 1 unspecified atom stereocenters. The highest BCUT2D eigenvalue weighted by molar-refractivity contribution is 5.92. The molecule has 1 aliphatic carbocycles. The summed E-state index contributed by atoms with van der Waals surface area (Å²) in [6.07, 6.45) is 3.64. The summed E-state index contributed by atoms with van der Waals surface area (Å²) in [4.78, 5) is 11.8. The van der Waals surface area contributed by atoms with Crippen LogP contribution in [0.5, 0.6) is 5.75 Å². The number of anilines is 1. The van der Waals surface area contributed by atoms with Gasteiger partial charge < -0.3 is 15.8 Å². The molecule has 1 atom stereocenters. The number of benzene rings is 1. The lowest BCUT2D eigenvalue weighted by molar-refractivity contribution is -0.116. The van der Waals surface area contributed by atoms with Gasteiger partial charge in [0.1, 0.15) is 5.75 Å². The maximum atomic E-state index is 11.8. The first kappa shape index (κ1) is 16.8. The number of hydrogen-bond acceptors (Lipinski definition) is 3. The molecule has 1 aliphatic rings. The summed E-state index contributed by atoms with van der Waals surface area (Å²) in [7, 11) is 0. The molecule has 1 amide bonds. The first-order valence-electron chi connectivity index (χ1n) is 6.92. The summed E-state index contributed by atoms with van der Waals surface area (Å²) in [6, 6.07) is 7.62. The summed E-state index contributed by atoms with van der Waals surface area (Å²) in [6.45, 7) is 2.65. The third-order valence-electron chi connectivity index (χ3n) is 3.16. The van der Waals surface area contributed by atoms with Gasteiger partial charge in [0.15, 0.2) is 0 Å². The molecule has 1 fully saturated rings. The van der Waals surface area contributed by atoms with Crippen LogP contribution in [-0.4, -0.2) is 18.6 Å². The quantitative estimate of drug-likeness (QED) is 0.813. The highest BCUT2D eigenvalue weighted by Gasteiger charge is 2.22. The summed E-state index contributed by atoms with van der Waals surface area (Å²) >= 11 is 0. The van der Waals surface area contributed by atoms with E-state index in [4.69, 9.17) is 10.5 Å². The molecule has 5 heteroatoms. The SMILES string of the molecule is CC(N)CCC(=O)Nc1ccccc1OCC1CC1.Cl. The smallest absolute Gasteiger partial charge is 0.224 e. The fourth-order valence-electron chi connectivity index (χ4n) is 1.76. The number of carbonyl (C=O) groups excluding carboxylic acids is 1. The van der Waals surface area contributed by atoms with E-state index in [0.29, 0.717) is 18.8 Å². The predicted molar refractivity (Wildman–Crippen MR) is 83.4 cm³/mol. The molecule has 0 spiro atoms. The summed E-state index contributed by atoms with van der Waals surface area (Å²) in [5.41, 5.74) is 6.40. The number of nitrogens with two attached hydrogens (primary N) is 1. The van der Waals surface area contributed by atoms with Gasteiger partial charge in [0.2, 0.25) is 5.91 Å². The molecular weight excluding hydrogens is 276 g/mol.